The second-order valence-electron chi connectivity index (χ2n) is 4.39. The molecular formula is C10H18N2O. The molecule has 1 aliphatic heterocycles. The van der Waals surface area contributed by atoms with Crippen molar-refractivity contribution >= 4 is 5.91 Å². The van der Waals surface area contributed by atoms with Crippen molar-refractivity contribution in [2.75, 3.05) is 6.54 Å². The van der Waals surface area contributed by atoms with Gasteiger partial charge in [-0.2, -0.15) is 0 Å². The summed E-state index contributed by atoms with van der Waals surface area (Å²) in [6.45, 7) is 0.802. The summed E-state index contributed by atoms with van der Waals surface area (Å²) in [5, 5.41) is 3.43. The topological polar surface area (TPSA) is 55.1 Å². The predicted octanol–water partition coefficient (Wildman–Crippen LogP) is 0.640. The molecule has 1 aliphatic carbocycles. The molecule has 1 amide bonds. The Hall–Kier alpha value is -0.570. The van der Waals surface area contributed by atoms with Crippen LogP contribution in [0.2, 0.25) is 0 Å². The van der Waals surface area contributed by atoms with Crippen molar-refractivity contribution in [3.05, 3.63) is 0 Å². The molecule has 2 fully saturated rings. The summed E-state index contributed by atoms with van der Waals surface area (Å²) in [6, 6.07) is 0.569. The van der Waals surface area contributed by atoms with Gasteiger partial charge in [-0.15, -0.1) is 0 Å². The molecule has 0 aromatic heterocycles. The van der Waals surface area contributed by atoms with Crippen LogP contribution in [0.25, 0.3) is 0 Å². The summed E-state index contributed by atoms with van der Waals surface area (Å²) < 4.78 is 0. The van der Waals surface area contributed by atoms with Crippen LogP contribution in [0.1, 0.15) is 32.1 Å². The Bertz CT molecular complexity index is 199. The van der Waals surface area contributed by atoms with Crippen molar-refractivity contribution in [3.63, 3.8) is 0 Å². The van der Waals surface area contributed by atoms with Gasteiger partial charge in [-0.05, 0) is 25.2 Å². The summed E-state index contributed by atoms with van der Waals surface area (Å²) >= 11 is 0. The van der Waals surface area contributed by atoms with Gasteiger partial charge >= 0.3 is 0 Å². The number of nitrogens with one attached hydrogen (secondary N) is 1. The molecule has 0 bridgehead atoms. The lowest BCUT2D eigenvalue weighted by Gasteiger charge is -2.17. The first-order chi connectivity index (χ1) is 6.27. The molecule has 0 aromatic carbocycles. The third kappa shape index (κ3) is 1.85. The zero-order valence-electron chi connectivity index (χ0n) is 7.96. The number of carbonyl (C=O) groups is 1. The maximum absolute atomic E-state index is 10.9. The van der Waals surface area contributed by atoms with Crippen LogP contribution in [-0.4, -0.2) is 18.5 Å². The molecule has 2 atom stereocenters. The van der Waals surface area contributed by atoms with E-state index in [1.54, 1.807) is 0 Å². The first-order valence-corrected chi connectivity index (χ1v) is 5.30. The van der Waals surface area contributed by atoms with E-state index in [0.717, 1.165) is 18.9 Å². The van der Waals surface area contributed by atoms with E-state index >= 15 is 0 Å². The van der Waals surface area contributed by atoms with Gasteiger partial charge in [0.1, 0.15) is 0 Å². The van der Waals surface area contributed by atoms with Gasteiger partial charge in [-0.25, -0.2) is 0 Å². The number of hydrogen-bond acceptors (Lipinski definition) is 2. The number of hydrogen-bond donors (Lipinski definition) is 2. The molecule has 3 heteroatoms. The summed E-state index contributed by atoms with van der Waals surface area (Å²) in [5.74, 6) is 0.767. The van der Waals surface area contributed by atoms with Crippen molar-refractivity contribution in [2.24, 2.45) is 17.6 Å². The largest absolute Gasteiger partial charge is 0.369 e. The molecule has 13 heavy (non-hydrogen) atoms. The number of rotatable bonds is 2. The maximum atomic E-state index is 10.9. The van der Waals surface area contributed by atoms with E-state index < -0.39 is 0 Å². The van der Waals surface area contributed by atoms with Crippen LogP contribution in [0.4, 0.5) is 0 Å². The highest BCUT2D eigenvalue weighted by Gasteiger charge is 2.33. The first kappa shape index (κ1) is 9.00. The fourth-order valence-electron chi connectivity index (χ4n) is 2.70. The molecule has 1 saturated heterocycles. The zero-order valence-corrected chi connectivity index (χ0v) is 7.96. The minimum Gasteiger partial charge on any atom is -0.369 e. The Morgan fingerprint density at radius 3 is 2.54 bits per heavy atom. The maximum Gasteiger partial charge on any atom is 0.221 e. The van der Waals surface area contributed by atoms with E-state index in [1.807, 2.05) is 0 Å². The molecular weight excluding hydrogens is 164 g/mol. The predicted molar refractivity (Wildman–Crippen MR) is 51.1 cm³/mol. The van der Waals surface area contributed by atoms with Crippen molar-refractivity contribution < 1.29 is 4.79 Å². The van der Waals surface area contributed by atoms with Crippen LogP contribution >= 0.6 is 0 Å². The lowest BCUT2D eigenvalue weighted by molar-refractivity contribution is -0.121. The summed E-state index contributed by atoms with van der Waals surface area (Å²) in [5.41, 5.74) is 5.28. The molecule has 2 rings (SSSR count). The fraction of sp³-hybridized carbons (Fsp3) is 0.900. The van der Waals surface area contributed by atoms with E-state index in [-0.39, 0.29) is 11.8 Å². The average molecular weight is 182 g/mol. The second-order valence-corrected chi connectivity index (χ2v) is 4.39. The van der Waals surface area contributed by atoms with Gasteiger partial charge in [-0.1, -0.05) is 12.8 Å². The Balaban J connectivity index is 1.86. The molecule has 0 aromatic rings. The van der Waals surface area contributed by atoms with Gasteiger partial charge in [0, 0.05) is 12.6 Å². The van der Waals surface area contributed by atoms with Gasteiger partial charge in [0.2, 0.25) is 5.91 Å². The molecule has 1 saturated carbocycles. The third-order valence-corrected chi connectivity index (χ3v) is 3.54. The normalized spacial score (nSPS) is 35.4. The van der Waals surface area contributed by atoms with Crippen LogP contribution in [0.3, 0.4) is 0 Å². The quantitative estimate of drug-likeness (QED) is 0.658. The molecule has 74 valence electrons. The van der Waals surface area contributed by atoms with Gasteiger partial charge < -0.3 is 11.1 Å². The second kappa shape index (κ2) is 3.66. The van der Waals surface area contributed by atoms with Gasteiger partial charge in [0.25, 0.3) is 0 Å². The van der Waals surface area contributed by atoms with Gasteiger partial charge in [-0.3, -0.25) is 4.79 Å². The van der Waals surface area contributed by atoms with E-state index in [2.05, 4.69) is 5.32 Å². The molecule has 2 unspecified atom stereocenters. The van der Waals surface area contributed by atoms with Crippen LogP contribution in [0.15, 0.2) is 0 Å². The van der Waals surface area contributed by atoms with E-state index in [9.17, 15) is 4.79 Å². The monoisotopic (exact) mass is 182 g/mol. The SMILES string of the molecule is NC(=O)C1CNC(C2CCCC2)C1. The van der Waals surface area contributed by atoms with E-state index in [1.165, 1.54) is 25.7 Å². The molecule has 0 spiro atoms. The van der Waals surface area contributed by atoms with E-state index in [0.29, 0.717) is 6.04 Å². The van der Waals surface area contributed by atoms with Crippen LogP contribution < -0.4 is 11.1 Å². The molecule has 2 aliphatic rings. The van der Waals surface area contributed by atoms with Crippen molar-refractivity contribution in [1.82, 2.24) is 5.32 Å². The highest BCUT2D eigenvalue weighted by atomic mass is 16.1. The minimum absolute atomic E-state index is 0.0885. The third-order valence-electron chi connectivity index (χ3n) is 3.54. The number of amides is 1. The van der Waals surface area contributed by atoms with Gasteiger partial charge in [0.15, 0.2) is 0 Å². The van der Waals surface area contributed by atoms with Gasteiger partial charge in [0.05, 0.1) is 5.92 Å². The van der Waals surface area contributed by atoms with Crippen molar-refractivity contribution in [1.29, 1.82) is 0 Å². The zero-order chi connectivity index (χ0) is 9.26. The average Bonchev–Trinajstić information content (AvgIpc) is 2.75. The van der Waals surface area contributed by atoms with Crippen LogP contribution in [0.5, 0.6) is 0 Å². The lowest BCUT2D eigenvalue weighted by atomic mass is 9.93. The standard InChI is InChI=1S/C10H18N2O/c11-10(13)8-5-9(12-6-8)7-3-1-2-4-7/h7-9,12H,1-6H2,(H2,11,13). The highest BCUT2D eigenvalue weighted by Crippen LogP contribution is 2.32. The summed E-state index contributed by atoms with van der Waals surface area (Å²) in [7, 11) is 0. The Morgan fingerprint density at radius 2 is 2.00 bits per heavy atom. The first-order valence-electron chi connectivity index (χ1n) is 5.30. The molecule has 3 nitrogen and oxygen atoms in total. The lowest BCUT2D eigenvalue weighted by Crippen LogP contribution is -2.28. The van der Waals surface area contributed by atoms with E-state index in [4.69, 9.17) is 5.73 Å². The molecule has 0 radical (unpaired) electrons. The summed E-state index contributed by atoms with van der Waals surface area (Å²) in [4.78, 5) is 10.9. The smallest absolute Gasteiger partial charge is 0.221 e. The Morgan fingerprint density at radius 1 is 1.31 bits per heavy atom. The fourth-order valence-corrected chi connectivity index (χ4v) is 2.70. The number of primary amides is 1. The van der Waals surface area contributed by atoms with Crippen molar-refractivity contribution in [2.45, 2.75) is 38.1 Å². The highest BCUT2D eigenvalue weighted by molar-refractivity contribution is 5.77. The Kier molecular flexibility index (Phi) is 2.54. The number of carbonyl (C=O) groups excluding carboxylic acids is 1. The Labute approximate surface area is 79.1 Å². The minimum atomic E-state index is -0.131. The van der Waals surface area contributed by atoms with Crippen LogP contribution in [0, 0.1) is 11.8 Å². The van der Waals surface area contributed by atoms with Crippen molar-refractivity contribution in [3.8, 4) is 0 Å². The summed E-state index contributed by atoms with van der Waals surface area (Å²) in [6.07, 6.45) is 6.38. The molecule has 1 heterocycles. The van der Waals surface area contributed by atoms with Crippen LogP contribution in [-0.2, 0) is 4.79 Å². The molecule has 3 N–H and O–H groups in total. The number of nitrogens with two attached hydrogens (primary N) is 1.